The molecule has 0 spiro atoms. The maximum atomic E-state index is 13.0. The van der Waals surface area contributed by atoms with Gasteiger partial charge in [-0.1, -0.05) is 29.8 Å². The normalized spacial score (nSPS) is 18.1. The standard InChI is InChI=1S/C23H18ClNO5/c1-13-8-11-18(30-13)20-19(21(26)16-12-15(29-2)9-10-17(16)24)22(27)23(28)25(20)14-6-4-3-5-7-14/h3-12,20,26H,1-2H3/b21-19+. The van der Waals surface area contributed by atoms with E-state index in [9.17, 15) is 14.7 Å². The molecule has 2 aromatic carbocycles. The molecule has 1 saturated heterocycles. The highest BCUT2D eigenvalue weighted by Crippen LogP contribution is 2.43. The van der Waals surface area contributed by atoms with Crippen molar-refractivity contribution in [2.45, 2.75) is 13.0 Å². The minimum absolute atomic E-state index is 0.103. The number of nitrogens with zero attached hydrogens (tertiary/aromatic N) is 1. The molecule has 30 heavy (non-hydrogen) atoms. The van der Waals surface area contributed by atoms with Crippen molar-refractivity contribution < 1.29 is 23.8 Å². The minimum Gasteiger partial charge on any atom is -0.507 e. The SMILES string of the molecule is COc1ccc(Cl)c(/C(O)=C2\C(=O)C(=O)N(c3ccccc3)C2c2ccc(C)o2)c1. The molecule has 0 aliphatic carbocycles. The molecule has 1 amide bonds. The number of halogens is 1. The van der Waals surface area contributed by atoms with E-state index in [2.05, 4.69) is 0 Å². The number of methoxy groups -OCH3 is 1. The number of anilines is 1. The van der Waals surface area contributed by atoms with Crippen molar-refractivity contribution in [2.24, 2.45) is 0 Å². The van der Waals surface area contributed by atoms with E-state index in [1.807, 2.05) is 6.07 Å². The molecule has 2 heterocycles. The number of benzene rings is 2. The molecule has 4 rings (SSSR count). The molecule has 1 aromatic heterocycles. The quantitative estimate of drug-likeness (QED) is 0.367. The van der Waals surface area contributed by atoms with Gasteiger partial charge in [-0.2, -0.15) is 0 Å². The summed E-state index contributed by atoms with van der Waals surface area (Å²) < 4.78 is 11.0. The second-order valence-corrected chi connectivity index (χ2v) is 7.21. The van der Waals surface area contributed by atoms with Crippen molar-refractivity contribution >= 4 is 34.7 Å². The van der Waals surface area contributed by atoms with Gasteiger partial charge in [0.25, 0.3) is 11.7 Å². The second-order valence-electron chi connectivity index (χ2n) is 6.80. The number of furan rings is 1. The number of aliphatic hydroxyl groups is 1. The van der Waals surface area contributed by atoms with Crippen LogP contribution in [0.3, 0.4) is 0 Å². The van der Waals surface area contributed by atoms with Gasteiger partial charge in [0.15, 0.2) is 0 Å². The zero-order valence-electron chi connectivity index (χ0n) is 16.3. The zero-order valence-corrected chi connectivity index (χ0v) is 17.0. The molecule has 0 bridgehead atoms. The van der Waals surface area contributed by atoms with Crippen molar-refractivity contribution in [1.29, 1.82) is 0 Å². The number of rotatable bonds is 4. The van der Waals surface area contributed by atoms with Gasteiger partial charge in [0.1, 0.15) is 29.1 Å². The van der Waals surface area contributed by atoms with Gasteiger partial charge in [0.2, 0.25) is 0 Å². The lowest BCUT2D eigenvalue weighted by molar-refractivity contribution is -0.132. The highest BCUT2D eigenvalue weighted by Gasteiger charge is 2.48. The average Bonchev–Trinajstić information content (AvgIpc) is 3.29. The highest BCUT2D eigenvalue weighted by molar-refractivity contribution is 6.51. The molecule has 3 aromatic rings. The lowest BCUT2D eigenvalue weighted by Crippen LogP contribution is -2.29. The Morgan fingerprint density at radius 3 is 2.47 bits per heavy atom. The summed E-state index contributed by atoms with van der Waals surface area (Å²) in [6.07, 6.45) is 0. The van der Waals surface area contributed by atoms with Crippen LogP contribution in [0, 0.1) is 6.92 Å². The minimum atomic E-state index is -0.941. The number of Topliss-reactive ketones (excluding diaryl/α,β-unsaturated/α-hetero) is 1. The second kappa shape index (κ2) is 7.72. The van der Waals surface area contributed by atoms with E-state index >= 15 is 0 Å². The summed E-state index contributed by atoms with van der Waals surface area (Å²) >= 11 is 6.28. The smallest absolute Gasteiger partial charge is 0.300 e. The third-order valence-electron chi connectivity index (χ3n) is 4.94. The summed E-state index contributed by atoms with van der Waals surface area (Å²) in [7, 11) is 1.48. The number of carbonyl (C=O) groups excluding carboxylic acids is 2. The molecular formula is C23H18ClNO5. The van der Waals surface area contributed by atoms with Gasteiger partial charge >= 0.3 is 0 Å². The number of hydrogen-bond acceptors (Lipinski definition) is 5. The van der Waals surface area contributed by atoms with Crippen LogP contribution in [0.25, 0.3) is 5.76 Å². The molecule has 7 heteroatoms. The number of para-hydroxylation sites is 1. The first-order valence-corrected chi connectivity index (χ1v) is 9.56. The van der Waals surface area contributed by atoms with Crippen molar-refractivity contribution in [3.05, 3.63) is 88.3 Å². The van der Waals surface area contributed by atoms with Crippen LogP contribution in [-0.2, 0) is 9.59 Å². The van der Waals surface area contributed by atoms with Crippen LogP contribution in [0.2, 0.25) is 5.02 Å². The van der Waals surface area contributed by atoms with E-state index in [1.165, 1.54) is 18.1 Å². The molecule has 1 unspecified atom stereocenters. The molecular weight excluding hydrogens is 406 g/mol. The van der Waals surface area contributed by atoms with E-state index in [-0.39, 0.29) is 16.2 Å². The van der Waals surface area contributed by atoms with E-state index in [0.717, 1.165) is 0 Å². The molecule has 1 fully saturated rings. The third-order valence-corrected chi connectivity index (χ3v) is 5.27. The van der Waals surface area contributed by atoms with Crippen molar-refractivity contribution in [2.75, 3.05) is 12.0 Å². The maximum Gasteiger partial charge on any atom is 0.300 e. The largest absolute Gasteiger partial charge is 0.507 e. The number of carbonyl (C=O) groups is 2. The van der Waals surface area contributed by atoms with Gasteiger partial charge in [0, 0.05) is 11.3 Å². The van der Waals surface area contributed by atoms with Crippen LogP contribution in [0.4, 0.5) is 5.69 Å². The summed E-state index contributed by atoms with van der Waals surface area (Å²) in [6.45, 7) is 1.76. The lowest BCUT2D eigenvalue weighted by atomic mass is 9.99. The van der Waals surface area contributed by atoms with E-state index in [4.69, 9.17) is 20.8 Å². The zero-order chi connectivity index (χ0) is 21.4. The predicted molar refractivity (Wildman–Crippen MR) is 113 cm³/mol. The topological polar surface area (TPSA) is 80.0 Å². The van der Waals surface area contributed by atoms with Crippen LogP contribution in [0.15, 0.2) is 70.7 Å². The first kappa shape index (κ1) is 19.8. The molecule has 6 nitrogen and oxygen atoms in total. The molecule has 1 aliphatic heterocycles. The van der Waals surface area contributed by atoms with Crippen molar-refractivity contribution in [3.8, 4) is 5.75 Å². The van der Waals surface area contributed by atoms with Gasteiger partial charge in [-0.15, -0.1) is 0 Å². The van der Waals surface area contributed by atoms with Gasteiger partial charge in [-0.05, 0) is 49.4 Å². The highest BCUT2D eigenvalue weighted by atomic mass is 35.5. The maximum absolute atomic E-state index is 13.0. The number of amides is 1. The Morgan fingerprint density at radius 2 is 1.83 bits per heavy atom. The van der Waals surface area contributed by atoms with Crippen LogP contribution in [-0.4, -0.2) is 23.9 Å². The fourth-order valence-electron chi connectivity index (χ4n) is 3.51. The summed E-state index contributed by atoms with van der Waals surface area (Å²) in [5, 5.41) is 11.3. The third kappa shape index (κ3) is 3.25. The number of hydrogen-bond donors (Lipinski definition) is 1. The number of aliphatic hydroxyl groups excluding tert-OH is 1. The first-order chi connectivity index (χ1) is 14.4. The molecule has 1 N–H and O–H groups in total. The number of aryl methyl sites for hydroxylation is 1. The summed E-state index contributed by atoms with van der Waals surface area (Å²) in [6, 6.07) is 15.9. The van der Waals surface area contributed by atoms with Gasteiger partial charge in [0.05, 0.1) is 17.7 Å². The van der Waals surface area contributed by atoms with Gasteiger partial charge in [-0.3, -0.25) is 14.5 Å². The molecule has 1 aliphatic rings. The van der Waals surface area contributed by atoms with Crippen LogP contribution in [0.1, 0.15) is 23.1 Å². The van der Waals surface area contributed by atoms with E-state index in [1.54, 1.807) is 55.5 Å². The Bertz CT molecular complexity index is 1170. The molecule has 1 atom stereocenters. The number of ether oxygens (including phenoxy) is 1. The Balaban J connectivity index is 1.96. The summed E-state index contributed by atoms with van der Waals surface area (Å²) in [4.78, 5) is 27.3. The average molecular weight is 424 g/mol. The van der Waals surface area contributed by atoms with E-state index < -0.39 is 23.5 Å². The first-order valence-electron chi connectivity index (χ1n) is 9.18. The summed E-state index contributed by atoms with van der Waals surface area (Å²) in [5.41, 5.74) is 0.596. The van der Waals surface area contributed by atoms with Crippen LogP contribution < -0.4 is 9.64 Å². The monoisotopic (exact) mass is 423 g/mol. The Labute approximate surface area is 177 Å². The Hall–Kier alpha value is -3.51. The Kier molecular flexibility index (Phi) is 5.10. The van der Waals surface area contributed by atoms with Crippen molar-refractivity contribution in [1.82, 2.24) is 0 Å². The lowest BCUT2D eigenvalue weighted by Gasteiger charge is -2.23. The van der Waals surface area contributed by atoms with Gasteiger partial charge < -0.3 is 14.3 Å². The molecule has 0 radical (unpaired) electrons. The molecule has 0 saturated carbocycles. The van der Waals surface area contributed by atoms with Gasteiger partial charge in [-0.25, -0.2) is 0 Å². The van der Waals surface area contributed by atoms with Crippen molar-refractivity contribution in [3.63, 3.8) is 0 Å². The summed E-state index contributed by atoms with van der Waals surface area (Å²) in [5.74, 6) is -0.562. The number of ketones is 1. The van der Waals surface area contributed by atoms with Crippen LogP contribution >= 0.6 is 11.6 Å². The van der Waals surface area contributed by atoms with Crippen LogP contribution in [0.5, 0.6) is 5.75 Å². The molecule has 152 valence electrons. The fourth-order valence-corrected chi connectivity index (χ4v) is 3.72. The fraction of sp³-hybridized carbons (Fsp3) is 0.130. The van der Waals surface area contributed by atoms with E-state index in [0.29, 0.717) is 23.0 Å². The Morgan fingerprint density at radius 1 is 1.10 bits per heavy atom. The predicted octanol–water partition coefficient (Wildman–Crippen LogP) is 4.88.